The smallest absolute Gasteiger partial charge is 0.133 e. The highest BCUT2D eigenvalue weighted by Gasteiger charge is 2.13. The Balaban J connectivity index is 2.28. The number of allylic oxidation sites excluding steroid dienone is 3. The molecule has 0 atom stereocenters. The average Bonchev–Trinajstić information content (AvgIpc) is 2.32. The minimum Gasteiger partial charge on any atom is -0.340 e. The lowest BCUT2D eigenvalue weighted by atomic mass is 10.0. The number of anilines is 1. The van der Waals surface area contributed by atoms with Crippen molar-refractivity contribution >= 4 is 17.4 Å². The van der Waals surface area contributed by atoms with Gasteiger partial charge in [0.15, 0.2) is 0 Å². The molecule has 1 N–H and O–H groups in total. The molecule has 0 aliphatic heterocycles. The van der Waals surface area contributed by atoms with E-state index in [1.807, 2.05) is 19.1 Å². The van der Waals surface area contributed by atoms with Crippen LogP contribution >= 0.6 is 11.6 Å². The van der Waals surface area contributed by atoms with Crippen LogP contribution in [0.1, 0.15) is 18.4 Å². The van der Waals surface area contributed by atoms with Gasteiger partial charge in [-0.25, -0.2) is 4.98 Å². The van der Waals surface area contributed by atoms with Crippen molar-refractivity contribution in [2.75, 3.05) is 5.32 Å². The largest absolute Gasteiger partial charge is 0.340 e. The standard InChI is InChI=1S/C14H15ClN2/c1-3-11-12(15)7-4-8-13(11)17-14-10(2)6-5-9-16-14/h3,5-6,8-9H,1,4,7H2,2H3,(H,16,17). The van der Waals surface area contributed by atoms with Crippen LogP contribution < -0.4 is 5.32 Å². The van der Waals surface area contributed by atoms with Gasteiger partial charge in [-0.1, -0.05) is 36.4 Å². The first-order valence-corrected chi connectivity index (χ1v) is 6.00. The van der Waals surface area contributed by atoms with Gasteiger partial charge in [-0.3, -0.25) is 0 Å². The van der Waals surface area contributed by atoms with Gasteiger partial charge in [0.2, 0.25) is 0 Å². The Hall–Kier alpha value is -1.54. The molecule has 88 valence electrons. The molecule has 2 rings (SSSR count). The number of halogens is 1. The van der Waals surface area contributed by atoms with Crippen molar-refractivity contribution in [3.63, 3.8) is 0 Å². The molecule has 1 heterocycles. The Bertz CT molecular complexity index is 501. The molecule has 0 saturated carbocycles. The third-order valence-electron chi connectivity index (χ3n) is 2.76. The normalized spacial score (nSPS) is 15.5. The summed E-state index contributed by atoms with van der Waals surface area (Å²) in [5.41, 5.74) is 3.08. The van der Waals surface area contributed by atoms with Crippen molar-refractivity contribution in [3.05, 3.63) is 58.9 Å². The highest BCUT2D eigenvalue weighted by Crippen LogP contribution is 2.29. The minimum atomic E-state index is 0.860. The molecule has 1 aliphatic rings. The van der Waals surface area contributed by atoms with E-state index in [1.54, 1.807) is 12.3 Å². The second-order valence-corrected chi connectivity index (χ2v) is 4.43. The Morgan fingerprint density at radius 2 is 2.35 bits per heavy atom. The zero-order chi connectivity index (χ0) is 12.3. The molecule has 3 heteroatoms. The third kappa shape index (κ3) is 2.59. The van der Waals surface area contributed by atoms with Gasteiger partial charge in [-0.05, 0) is 31.4 Å². The van der Waals surface area contributed by atoms with Crippen LogP contribution in [0, 0.1) is 6.92 Å². The maximum atomic E-state index is 6.19. The van der Waals surface area contributed by atoms with Crippen molar-refractivity contribution in [1.82, 2.24) is 4.98 Å². The van der Waals surface area contributed by atoms with Crippen LogP contribution in [0.4, 0.5) is 5.82 Å². The van der Waals surface area contributed by atoms with Crippen molar-refractivity contribution in [2.45, 2.75) is 19.8 Å². The molecule has 1 aliphatic carbocycles. The number of pyridine rings is 1. The van der Waals surface area contributed by atoms with Crippen LogP contribution in [-0.4, -0.2) is 4.98 Å². The fourth-order valence-corrected chi connectivity index (χ4v) is 2.11. The van der Waals surface area contributed by atoms with E-state index in [-0.39, 0.29) is 0 Å². The number of hydrogen-bond acceptors (Lipinski definition) is 2. The van der Waals surface area contributed by atoms with E-state index in [1.165, 1.54) is 0 Å². The first-order valence-electron chi connectivity index (χ1n) is 5.62. The third-order valence-corrected chi connectivity index (χ3v) is 3.15. The van der Waals surface area contributed by atoms with Crippen LogP contribution in [0.3, 0.4) is 0 Å². The second kappa shape index (κ2) is 5.19. The fourth-order valence-electron chi connectivity index (χ4n) is 1.82. The molecule has 17 heavy (non-hydrogen) atoms. The van der Waals surface area contributed by atoms with Gasteiger partial charge >= 0.3 is 0 Å². The van der Waals surface area contributed by atoms with E-state index in [0.29, 0.717) is 0 Å². The van der Waals surface area contributed by atoms with Gasteiger partial charge in [0.05, 0.1) is 0 Å². The summed E-state index contributed by atoms with van der Waals surface area (Å²) in [6, 6.07) is 3.95. The van der Waals surface area contributed by atoms with Crippen LogP contribution in [0.25, 0.3) is 0 Å². The van der Waals surface area contributed by atoms with Gasteiger partial charge < -0.3 is 5.32 Å². The number of hydrogen-bond donors (Lipinski definition) is 1. The molecule has 0 radical (unpaired) electrons. The van der Waals surface area contributed by atoms with Crippen molar-refractivity contribution in [2.24, 2.45) is 0 Å². The molecule has 0 saturated heterocycles. The maximum absolute atomic E-state index is 6.19. The number of aromatic nitrogens is 1. The minimum absolute atomic E-state index is 0.860. The molecule has 0 amide bonds. The van der Waals surface area contributed by atoms with Crippen LogP contribution in [0.2, 0.25) is 0 Å². The summed E-state index contributed by atoms with van der Waals surface area (Å²) in [4.78, 5) is 4.31. The van der Waals surface area contributed by atoms with E-state index in [2.05, 4.69) is 23.0 Å². The molecule has 0 unspecified atom stereocenters. The number of aryl methyl sites for hydroxylation is 1. The summed E-state index contributed by atoms with van der Waals surface area (Å²) in [6.45, 7) is 5.83. The van der Waals surface area contributed by atoms with Crippen LogP contribution in [-0.2, 0) is 0 Å². The van der Waals surface area contributed by atoms with E-state index in [0.717, 1.165) is 40.5 Å². The van der Waals surface area contributed by atoms with E-state index in [4.69, 9.17) is 11.6 Å². The van der Waals surface area contributed by atoms with Gasteiger partial charge in [0.25, 0.3) is 0 Å². The van der Waals surface area contributed by atoms with Crippen molar-refractivity contribution < 1.29 is 0 Å². The van der Waals surface area contributed by atoms with Gasteiger partial charge in [0, 0.05) is 22.5 Å². The quantitative estimate of drug-likeness (QED) is 0.866. The summed E-state index contributed by atoms with van der Waals surface area (Å²) in [7, 11) is 0. The summed E-state index contributed by atoms with van der Waals surface area (Å²) in [5.74, 6) is 0.865. The molecule has 2 nitrogen and oxygen atoms in total. The summed E-state index contributed by atoms with van der Waals surface area (Å²) in [6.07, 6.45) is 7.53. The van der Waals surface area contributed by atoms with E-state index >= 15 is 0 Å². The molecular formula is C14H15ClN2. The van der Waals surface area contributed by atoms with Crippen molar-refractivity contribution in [3.8, 4) is 0 Å². The summed E-state index contributed by atoms with van der Waals surface area (Å²) < 4.78 is 0. The number of rotatable bonds is 3. The van der Waals surface area contributed by atoms with E-state index < -0.39 is 0 Å². The molecule has 1 aromatic rings. The summed E-state index contributed by atoms with van der Waals surface area (Å²) in [5, 5.41) is 4.18. The number of nitrogens with zero attached hydrogens (tertiary/aromatic N) is 1. The molecule has 0 fully saturated rings. The molecule has 0 spiro atoms. The van der Waals surface area contributed by atoms with Crippen LogP contribution in [0.5, 0.6) is 0 Å². The van der Waals surface area contributed by atoms with Gasteiger partial charge in [0.1, 0.15) is 5.82 Å². The van der Waals surface area contributed by atoms with Gasteiger partial charge in [-0.2, -0.15) is 0 Å². The average molecular weight is 247 g/mol. The Kier molecular flexibility index (Phi) is 3.64. The zero-order valence-electron chi connectivity index (χ0n) is 9.83. The summed E-state index contributed by atoms with van der Waals surface area (Å²) >= 11 is 6.19. The Morgan fingerprint density at radius 3 is 3.06 bits per heavy atom. The topological polar surface area (TPSA) is 24.9 Å². The Labute approximate surface area is 107 Å². The number of nitrogens with one attached hydrogen (secondary N) is 1. The predicted octanol–water partition coefficient (Wildman–Crippen LogP) is 4.16. The molecule has 1 aromatic heterocycles. The second-order valence-electron chi connectivity index (χ2n) is 3.97. The van der Waals surface area contributed by atoms with Crippen LogP contribution in [0.15, 0.2) is 53.4 Å². The first kappa shape index (κ1) is 11.9. The monoisotopic (exact) mass is 246 g/mol. The SMILES string of the molecule is C=CC1=C(Cl)CCC=C1Nc1ncccc1C. The highest BCUT2D eigenvalue weighted by molar-refractivity contribution is 6.30. The highest BCUT2D eigenvalue weighted by atomic mass is 35.5. The van der Waals surface area contributed by atoms with Gasteiger partial charge in [-0.15, -0.1) is 0 Å². The fraction of sp³-hybridized carbons (Fsp3) is 0.214. The maximum Gasteiger partial charge on any atom is 0.133 e. The molecule has 0 aromatic carbocycles. The lowest BCUT2D eigenvalue weighted by Gasteiger charge is -2.18. The predicted molar refractivity (Wildman–Crippen MR) is 73.0 cm³/mol. The Morgan fingerprint density at radius 1 is 1.53 bits per heavy atom. The molecule has 0 bridgehead atoms. The van der Waals surface area contributed by atoms with E-state index in [9.17, 15) is 0 Å². The zero-order valence-corrected chi connectivity index (χ0v) is 10.6. The van der Waals surface area contributed by atoms with Crippen molar-refractivity contribution in [1.29, 1.82) is 0 Å². The first-order chi connectivity index (χ1) is 8.22. The lowest BCUT2D eigenvalue weighted by Crippen LogP contribution is -2.08. The molecular weight excluding hydrogens is 232 g/mol. The lowest BCUT2D eigenvalue weighted by molar-refractivity contribution is 0.981.